The minimum Gasteiger partial charge on any atom is -0.315 e. The highest BCUT2D eigenvalue weighted by Crippen LogP contribution is 1.73. The zero-order chi connectivity index (χ0) is 9.82. The molecule has 0 amide bonds. The number of hydrogen-bond acceptors (Lipinski definition) is 2. The van der Waals surface area contributed by atoms with Crippen LogP contribution < -0.4 is 10.6 Å². The van der Waals surface area contributed by atoms with E-state index in [1.165, 1.54) is 6.42 Å². The predicted molar refractivity (Wildman–Crippen MR) is 57.6 cm³/mol. The summed E-state index contributed by atoms with van der Waals surface area (Å²) in [5.41, 5.74) is 0. The third kappa shape index (κ3) is 16.5. The lowest BCUT2D eigenvalue weighted by atomic mass is 10.4. The van der Waals surface area contributed by atoms with E-state index in [1.54, 1.807) is 0 Å². The van der Waals surface area contributed by atoms with Crippen LogP contribution in [0.3, 0.4) is 0 Å². The maximum Gasteiger partial charge on any atom is 0.00790 e. The van der Waals surface area contributed by atoms with Gasteiger partial charge in [-0.1, -0.05) is 34.6 Å². The van der Waals surface area contributed by atoms with E-state index in [9.17, 15) is 0 Å². The van der Waals surface area contributed by atoms with Crippen molar-refractivity contribution in [1.29, 1.82) is 0 Å². The van der Waals surface area contributed by atoms with Gasteiger partial charge in [-0.3, -0.25) is 0 Å². The highest BCUT2D eigenvalue weighted by Gasteiger charge is 1.89. The molecule has 0 saturated carbocycles. The van der Waals surface area contributed by atoms with Crippen LogP contribution in [0, 0.1) is 0 Å². The average Bonchev–Trinajstić information content (AvgIpc) is 2.07. The Bertz CT molecular complexity index is 62.9. The van der Waals surface area contributed by atoms with E-state index in [2.05, 4.69) is 31.4 Å². The van der Waals surface area contributed by atoms with Gasteiger partial charge in [0.15, 0.2) is 0 Å². The Labute approximate surface area is 78.1 Å². The molecule has 0 fully saturated rings. The number of hydrogen-bond donors (Lipinski definition) is 2. The van der Waals surface area contributed by atoms with Gasteiger partial charge in [0.25, 0.3) is 0 Å². The normalized spacial score (nSPS) is 9.50. The average molecular weight is 174 g/mol. The summed E-state index contributed by atoms with van der Waals surface area (Å²) < 4.78 is 0. The minimum absolute atomic E-state index is 0.614. The lowest BCUT2D eigenvalue weighted by Gasteiger charge is -2.07. The van der Waals surface area contributed by atoms with Gasteiger partial charge in [-0.25, -0.2) is 0 Å². The van der Waals surface area contributed by atoms with Crippen molar-refractivity contribution in [2.45, 2.75) is 47.1 Å². The van der Waals surface area contributed by atoms with Crippen molar-refractivity contribution in [2.24, 2.45) is 0 Å². The van der Waals surface area contributed by atoms with Gasteiger partial charge in [0.05, 0.1) is 0 Å². The van der Waals surface area contributed by atoms with E-state index in [0.717, 1.165) is 19.6 Å². The van der Waals surface area contributed by atoms with Crippen LogP contribution in [0.15, 0.2) is 0 Å². The second-order valence-corrected chi connectivity index (χ2v) is 2.86. The van der Waals surface area contributed by atoms with Gasteiger partial charge in [-0.2, -0.15) is 0 Å². The minimum atomic E-state index is 0.614. The molecule has 0 heterocycles. The highest BCUT2D eigenvalue weighted by molar-refractivity contribution is 4.54. The van der Waals surface area contributed by atoms with E-state index in [-0.39, 0.29) is 0 Å². The third-order valence-corrected chi connectivity index (χ3v) is 1.28. The van der Waals surface area contributed by atoms with Crippen molar-refractivity contribution in [3.63, 3.8) is 0 Å². The molecule has 0 saturated heterocycles. The first-order chi connectivity index (χ1) is 5.77. The Balaban J connectivity index is 0. The topological polar surface area (TPSA) is 24.1 Å². The molecule has 0 aromatic rings. The molecule has 0 radical (unpaired) electrons. The molecule has 0 aromatic carbocycles. The molecule has 0 atom stereocenters. The summed E-state index contributed by atoms with van der Waals surface area (Å²) >= 11 is 0. The second kappa shape index (κ2) is 13.5. The molecule has 0 rings (SSSR count). The monoisotopic (exact) mass is 174 g/mol. The Kier molecular flexibility index (Phi) is 16.3. The first-order valence-electron chi connectivity index (χ1n) is 5.21. The summed E-state index contributed by atoms with van der Waals surface area (Å²) in [6.07, 6.45) is 1.22. The zero-order valence-corrected chi connectivity index (χ0v) is 9.41. The molecular weight excluding hydrogens is 148 g/mol. The smallest absolute Gasteiger partial charge is 0.00790 e. The Morgan fingerprint density at radius 1 is 1.00 bits per heavy atom. The Morgan fingerprint density at radius 3 is 2.00 bits per heavy atom. The molecule has 76 valence electrons. The molecule has 12 heavy (non-hydrogen) atoms. The van der Waals surface area contributed by atoms with E-state index in [1.807, 2.05) is 13.8 Å². The Hall–Kier alpha value is -0.0800. The maximum atomic E-state index is 3.34. The molecule has 0 unspecified atom stereocenters. The highest BCUT2D eigenvalue weighted by atomic mass is 14.9. The fourth-order valence-electron chi connectivity index (χ4n) is 0.751. The van der Waals surface area contributed by atoms with Gasteiger partial charge >= 0.3 is 0 Å². The van der Waals surface area contributed by atoms with Crippen LogP contribution in [-0.4, -0.2) is 25.7 Å². The zero-order valence-electron chi connectivity index (χ0n) is 9.41. The SMILES string of the molecule is CC.CCCNCCNC(C)C. The number of rotatable bonds is 6. The van der Waals surface area contributed by atoms with Crippen LogP contribution in [0.25, 0.3) is 0 Å². The molecule has 0 bridgehead atoms. The van der Waals surface area contributed by atoms with Gasteiger partial charge < -0.3 is 10.6 Å². The van der Waals surface area contributed by atoms with Crippen molar-refractivity contribution in [3.05, 3.63) is 0 Å². The molecule has 2 nitrogen and oxygen atoms in total. The summed E-state index contributed by atoms with van der Waals surface area (Å²) in [4.78, 5) is 0. The van der Waals surface area contributed by atoms with Crippen molar-refractivity contribution < 1.29 is 0 Å². The van der Waals surface area contributed by atoms with Crippen LogP contribution in [-0.2, 0) is 0 Å². The molecule has 0 aliphatic rings. The summed E-state index contributed by atoms with van der Waals surface area (Å²) in [5, 5.41) is 6.67. The van der Waals surface area contributed by atoms with Crippen molar-refractivity contribution in [3.8, 4) is 0 Å². The van der Waals surface area contributed by atoms with E-state index in [4.69, 9.17) is 0 Å². The maximum absolute atomic E-state index is 3.34. The van der Waals surface area contributed by atoms with Crippen LogP contribution in [0.5, 0.6) is 0 Å². The summed E-state index contributed by atoms with van der Waals surface area (Å²) in [6, 6.07) is 0.614. The van der Waals surface area contributed by atoms with Crippen molar-refractivity contribution >= 4 is 0 Å². The van der Waals surface area contributed by atoms with Crippen molar-refractivity contribution in [2.75, 3.05) is 19.6 Å². The summed E-state index contributed by atoms with van der Waals surface area (Å²) in [5.74, 6) is 0. The quantitative estimate of drug-likeness (QED) is 0.602. The van der Waals surface area contributed by atoms with Gasteiger partial charge in [-0.05, 0) is 13.0 Å². The predicted octanol–water partition coefficient (Wildman–Crippen LogP) is 2.01. The third-order valence-electron chi connectivity index (χ3n) is 1.28. The number of nitrogens with one attached hydrogen (secondary N) is 2. The molecule has 0 aromatic heterocycles. The lowest BCUT2D eigenvalue weighted by Crippen LogP contribution is -2.31. The van der Waals surface area contributed by atoms with Crippen LogP contribution in [0.4, 0.5) is 0 Å². The van der Waals surface area contributed by atoms with Crippen molar-refractivity contribution in [1.82, 2.24) is 10.6 Å². The lowest BCUT2D eigenvalue weighted by molar-refractivity contribution is 0.555. The van der Waals surface area contributed by atoms with Gasteiger partial charge in [0.1, 0.15) is 0 Å². The van der Waals surface area contributed by atoms with Gasteiger partial charge in [-0.15, -0.1) is 0 Å². The molecule has 2 heteroatoms. The second-order valence-electron chi connectivity index (χ2n) is 2.86. The summed E-state index contributed by atoms with van der Waals surface area (Å²) in [6.45, 7) is 13.8. The molecule has 2 N–H and O–H groups in total. The fourth-order valence-corrected chi connectivity index (χ4v) is 0.751. The first-order valence-corrected chi connectivity index (χ1v) is 5.21. The van der Waals surface area contributed by atoms with Crippen LogP contribution in [0.1, 0.15) is 41.0 Å². The largest absolute Gasteiger partial charge is 0.315 e. The standard InChI is InChI=1S/C8H20N2.C2H6/c1-4-5-9-6-7-10-8(2)3;1-2/h8-10H,4-7H2,1-3H3;1-2H3. The van der Waals surface area contributed by atoms with E-state index < -0.39 is 0 Å². The molecule has 0 aliphatic carbocycles. The van der Waals surface area contributed by atoms with E-state index >= 15 is 0 Å². The van der Waals surface area contributed by atoms with Crippen LogP contribution in [0.2, 0.25) is 0 Å². The first kappa shape index (κ1) is 14.4. The van der Waals surface area contributed by atoms with E-state index in [0.29, 0.717) is 6.04 Å². The van der Waals surface area contributed by atoms with Crippen LogP contribution >= 0.6 is 0 Å². The van der Waals surface area contributed by atoms with Gasteiger partial charge in [0.2, 0.25) is 0 Å². The molecule has 0 spiro atoms. The fraction of sp³-hybridized carbons (Fsp3) is 1.00. The molecule has 0 aliphatic heterocycles. The Morgan fingerprint density at radius 2 is 1.58 bits per heavy atom. The molecular formula is C10H26N2. The van der Waals surface area contributed by atoms with Gasteiger partial charge in [0, 0.05) is 19.1 Å². The summed E-state index contributed by atoms with van der Waals surface area (Å²) in [7, 11) is 0.